The highest BCUT2D eigenvalue weighted by molar-refractivity contribution is 5.88. The highest BCUT2D eigenvalue weighted by Gasteiger charge is 2.11. The zero-order valence-electron chi connectivity index (χ0n) is 8.83. The summed E-state index contributed by atoms with van der Waals surface area (Å²) in [5.74, 6) is -1.11. The molecule has 0 aliphatic rings. The number of carbonyl (C=O) groups excluding carboxylic acids is 2. The van der Waals surface area contributed by atoms with Crippen LogP contribution in [0.1, 0.15) is 27.2 Å². The molecule has 0 aromatic heterocycles. The number of rotatable bonds is 5. The second kappa shape index (κ2) is 6.18. The van der Waals surface area contributed by atoms with Crippen molar-refractivity contribution in [1.29, 1.82) is 0 Å². The van der Waals surface area contributed by atoms with Crippen LogP contribution in [-0.2, 0) is 19.1 Å². The van der Waals surface area contributed by atoms with Crippen LogP contribution >= 0.6 is 0 Å². The summed E-state index contributed by atoms with van der Waals surface area (Å²) in [6.45, 7) is 8.23. The van der Waals surface area contributed by atoms with E-state index < -0.39 is 11.9 Å². The molecule has 0 spiro atoms. The number of hydrogen-bond donors (Lipinski definition) is 0. The molecule has 0 fully saturated rings. The molecule has 14 heavy (non-hydrogen) atoms. The predicted molar refractivity (Wildman–Crippen MR) is 51.6 cm³/mol. The van der Waals surface area contributed by atoms with Gasteiger partial charge in [-0.15, -0.1) is 0 Å². The Hall–Kier alpha value is -1.32. The molecule has 0 aliphatic heterocycles. The molecule has 0 saturated carbocycles. The van der Waals surface area contributed by atoms with Crippen molar-refractivity contribution >= 4 is 11.9 Å². The van der Waals surface area contributed by atoms with Gasteiger partial charge in [0.2, 0.25) is 0 Å². The predicted octanol–water partition coefficient (Wildman–Crippen LogP) is 1.45. The molecule has 1 unspecified atom stereocenters. The molecule has 4 heteroatoms. The van der Waals surface area contributed by atoms with Gasteiger partial charge in [0.25, 0.3) is 0 Å². The van der Waals surface area contributed by atoms with Gasteiger partial charge in [-0.1, -0.05) is 13.5 Å². The molecule has 0 bridgehead atoms. The monoisotopic (exact) mass is 200 g/mol. The summed E-state index contributed by atoms with van der Waals surface area (Å²) in [4.78, 5) is 21.9. The Balaban J connectivity index is 3.75. The van der Waals surface area contributed by atoms with Crippen LogP contribution < -0.4 is 0 Å². The fraction of sp³-hybridized carbons (Fsp3) is 0.600. The van der Waals surface area contributed by atoms with Crippen LogP contribution in [0.4, 0.5) is 0 Å². The normalized spacial score (nSPS) is 11.6. The molecule has 1 atom stereocenters. The molecule has 0 amide bonds. The first-order valence-electron chi connectivity index (χ1n) is 4.49. The lowest BCUT2D eigenvalue weighted by molar-refractivity contribution is -0.160. The van der Waals surface area contributed by atoms with Gasteiger partial charge >= 0.3 is 11.9 Å². The summed E-state index contributed by atoms with van der Waals surface area (Å²) in [6.07, 6.45) is 0.589. The Morgan fingerprint density at radius 2 is 2.00 bits per heavy atom. The Labute approximate surface area is 83.9 Å². The minimum atomic E-state index is -0.578. The summed E-state index contributed by atoms with van der Waals surface area (Å²) >= 11 is 0. The lowest BCUT2D eigenvalue weighted by atomic mass is 10.3. The average molecular weight is 200 g/mol. The van der Waals surface area contributed by atoms with Crippen molar-refractivity contribution in [3.8, 4) is 0 Å². The van der Waals surface area contributed by atoms with Gasteiger partial charge in [-0.2, -0.15) is 0 Å². The van der Waals surface area contributed by atoms with Crippen LogP contribution in [-0.4, -0.2) is 24.6 Å². The van der Waals surface area contributed by atoms with Crippen molar-refractivity contribution < 1.29 is 19.1 Å². The van der Waals surface area contributed by atoms with Gasteiger partial charge in [-0.05, 0) is 20.3 Å². The maximum absolute atomic E-state index is 11.0. The van der Waals surface area contributed by atoms with E-state index in [1.54, 1.807) is 6.92 Å². The molecular formula is C10H16O4. The maximum Gasteiger partial charge on any atom is 0.344 e. The third-order valence-corrected chi connectivity index (χ3v) is 1.58. The van der Waals surface area contributed by atoms with Gasteiger partial charge in [0.1, 0.15) is 0 Å². The fourth-order valence-electron chi connectivity index (χ4n) is 0.589. The lowest BCUT2D eigenvalue weighted by Crippen LogP contribution is -2.20. The molecule has 0 radical (unpaired) electrons. The molecule has 0 aliphatic carbocycles. The third kappa shape index (κ3) is 5.35. The first-order chi connectivity index (χ1) is 6.47. The lowest BCUT2D eigenvalue weighted by Gasteiger charge is -2.10. The second-order valence-electron chi connectivity index (χ2n) is 3.07. The standard InChI is InChI=1S/C10H16O4/c1-5-8(4)14-9(11)6-13-10(12)7(2)3/h8H,2,5-6H2,1,3-4H3. The van der Waals surface area contributed by atoms with Crippen molar-refractivity contribution in [3.05, 3.63) is 12.2 Å². The van der Waals surface area contributed by atoms with Crippen LogP contribution in [0.15, 0.2) is 12.2 Å². The van der Waals surface area contributed by atoms with Crippen molar-refractivity contribution in [2.45, 2.75) is 33.3 Å². The highest BCUT2D eigenvalue weighted by atomic mass is 16.6. The number of hydrogen-bond acceptors (Lipinski definition) is 4. The number of ether oxygens (including phenoxy) is 2. The van der Waals surface area contributed by atoms with E-state index in [-0.39, 0.29) is 18.3 Å². The van der Waals surface area contributed by atoms with Crippen molar-refractivity contribution in [2.75, 3.05) is 6.61 Å². The summed E-state index contributed by atoms with van der Waals surface area (Å²) in [5.41, 5.74) is 0.265. The molecule has 80 valence electrons. The molecular weight excluding hydrogens is 184 g/mol. The van der Waals surface area contributed by atoms with Crippen molar-refractivity contribution in [2.24, 2.45) is 0 Å². The molecule has 0 saturated heterocycles. The minimum Gasteiger partial charge on any atom is -0.460 e. The van der Waals surface area contributed by atoms with E-state index in [4.69, 9.17) is 4.74 Å². The van der Waals surface area contributed by atoms with E-state index in [2.05, 4.69) is 11.3 Å². The molecule has 4 nitrogen and oxygen atoms in total. The summed E-state index contributed by atoms with van der Waals surface area (Å²) in [5, 5.41) is 0. The quantitative estimate of drug-likeness (QED) is 0.498. The number of esters is 2. The average Bonchev–Trinajstić information content (AvgIpc) is 2.13. The summed E-state index contributed by atoms with van der Waals surface area (Å²) in [7, 11) is 0. The van der Waals surface area contributed by atoms with Gasteiger partial charge in [0.05, 0.1) is 6.10 Å². The maximum atomic E-state index is 11.0. The molecule has 0 heterocycles. The zero-order valence-corrected chi connectivity index (χ0v) is 8.83. The Bertz CT molecular complexity index is 232. The summed E-state index contributed by atoms with van der Waals surface area (Å²) < 4.78 is 9.48. The van der Waals surface area contributed by atoms with E-state index in [0.29, 0.717) is 0 Å². The zero-order chi connectivity index (χ0) is 11.1. The van der Waals surface area contributed by atoms with Crippen molar-refractivity contribution in [1.82, 2.24) is 0 Å². The van der Waals surface area contributed by atoms with Crippen LogP contribution in [0.2, 0.25) is 0 Å². The number of carbonyl (C=O) groups is 2. The minimum absolute atomic E-state index is 0.147. The van der Waals surface area contributed by atoms with E-state index in [9.17, 15) is 9.59 Å². The Kier molecular flexibility index (Phi) is 5.60. The van der Waals surface area contributed by atoms with Crippen LogP contribution in [0.25, 0.3) is 0 Å². The highest BCUT2D eigenvalue weighted by Crippen LogP contribution is 1.98. The van der Waals surface area contributed by atoms with Gasteiger partial charge in [0.15, 0.2) is 6.61 Å². The Morgan fingerprint density at radius 3 is 2.43 bits per heavy atom. The molecule has 0 rings (SSSR count). The fourth-order valence-corrected chi connectivity index (χ4v) is 0.589. The van der Waals surface area contributed by atoms with Crippen LogP contribution in [0.5, 0.6) is 0 Å². The molecule has 0 N–H and O–H groups in total. The first-order valence-corrected chi connectivity index (χ1v) is 4.49. The van der Waals surface area contributed by atoms with Crippen LogP contribution in [0.3, 0.4) is 0 Å². The molecule has 0 aromatic carbocycles. The Morgan fingerprint density at radius 1 is 1.43 bits per heavy atom. The van der Waals surface area contributed by atoms with E-state index in [1.165, 1.54) is 6.92 Å². The van der Waals surface area contributed by atoms with Gasteiger partial charge in [-0.3, -0.25) is 0 Å². The SMILES string of the molecule is C=C(C)C(=O)OCC(=O)OC(C)CC. The van der Waals surface area contributed by atoms with Gasteiger partial charge in [0, 0.05) is 5.57 Å². The van der Waals surface area contributed by atoms with Crippen LogP contribution in [0, 0.1) is 0 Å². The van der Waals surface area contributed by atoms with E-state index in [1.807, 2.05) is 6.92 Å². The second-order valence-corrected chi connectivity index (χ2v) is 3.07. The molecule has 0 aromatic rings. The van der Waals surface area contributed by atoms with Gasteiger partial charge < -0.3 is 9.47 Å². The van der Waals surface area contributed by atoms with E-state index in [0.717, 1.165) is 6.42 Å². The topological polar surface area (TPSA) is 52.6 Å². The largest absolute Gasteiger partial charge is 0.460 e. The third-order valence-electron chi connectivity index (χ3n) is 1.58. The van der Waals surface area contributed by atoms with Crippen molar-refractivity contribution in [3.63, 3.8) is 0 Å². The summed E-state index contributed by atoms with van der Waals surface area (Å²) in [6, 6.07) is 0. The van der Waals surface area contributed by atoms with Gasteiger partial charge in [-0.25, -0.2) is 9.59 Å². The van der Waals surface area contributed by atoms with E-state index >= 15 is 0 Å². The first kappa shape index (κ1) is 12.7. The smallest absolute Gasteiger partial charge is 0.344 e.